The molecule has 0 N–H and O–H groups in total. The molecule has 0 bridgehead atoms. The van der Waals surface area contributed by atoms with Crippen LogP contribution in [0.25, 0.3) is 22.7 Å². The summed E-state index contributed by atoms with van der Waals surface area (Å²) in [5, 5.41) is 4.83. The van der Waals surface area contributed by atoms with Crippen molar-refractivity contribution in [1.29, 1.82) is 0 Å². The van der Waals surface area contributed by atoms with Crippen molar-refractivity contribution in [2.75, 3.05) is 33.2 Å². The van der Waals surface area contributed by atoms with Crippen LogP contribution in [0.4, 0.5) is 0 Å². The van der Waals surface area contributed by atoms with Gasteiger partial charge >= 0.3 is 0 Å². The van der Waals surface area contributed by atoms with Crippen LogP contribution in [0.5, 0.6) is 0 Å². The van der Waals surface area contributed by atoms with Crippen LogP contribution in [0, 0.1) is 0 Å². The van der Waals surface area contributed by atoms with Crippen molar-refractivity contribution in [3.63, 3.8) is 0 Å². The normalized spacial score (nSPS) is 17.8. The zero-order valence-corrected chi connectivity index (χ0v) is 18.5. The number of furan rings is 1. The van der Waals surface area contributed by atoms with E-state index in [1.807, 2.05) is 23.0 Å². The van der Waals surface area contributed by atoms with Gasteiger partial charge in [-0.25, -0.2) is 4.68 Å². The molecule has 0 radical (unpaired) electrons. The maximum atomic E-state index is 5.85. The molecule has 5 nitrogen and oxygen atoms in total. The van der Waals surface area contributed by atoms with Crippen molar-refractivity contribution in [2.24, 2.45) is 0 Å². The van der Waals surface area contributed by atoms with Gasteiger partial charge in [-0.1, -0.05) is 48.6 Å². The van der Waals surface area contributed by atoms with E-state index in [0.29, 0.717) is 0 Å². The van der Waals surface area contributed by atoms with Crippen molar-refractivity contribution in [3.8, 4) is 17.1 Å². The summed E-state index contributed by atoms with van der Waals surface area (Å²) in [5.74, 6) is 0.830. The zero-order valence-electron chi connectivity index (χ0n) is 17.7. The number of likely N-dealkylation sites (N-methyl/N-ethyl adjacent to an activating group) is 1. The number of thiocarbonyl (C=S) groups is 1. The topological polar surface area (TPSA) is 37.4 Å². The molecule has 31 heavy (non-hydrogen) atoms. The third-order valence-electron chi connectivity index (χ3n) is 6.01. The summed E-state index contributed by atoms with van der Waals surface area (Å²) in [7, 11) is 2.18. The largest absolute Gasteiger partial charge is 0.463 e. The van der Waals surface area contributed by atoms with E-state index in [-0.39, 0.29) is 0 Å². The summed E-state index contributed by atoms with van der Waals surface area (Å²) in [4.78, 5) is 5.82. The molecule has 1 aliphatic heterocycles. The number of hydrogen-bond acceptors (Lipinski definition) is 5. The van der Waals surface area contributed by atoms with Crippen LogP contribution >= 0.6 is 12.2 Å². The van der Waals surface area contributed by atoms with Crippen LogP contribution in [-0.4, -0.2) is 57.7 Å². The van der Waals surface area contributed by atoms with Gasteiger partial charge in [0.2, 0.25) is 0 Å². The average molecular weight is 431 g/mol. The summed E-state index contributed by atoms with van der Waals surface area (Å²) in [5.41, 5.74) is 5.39. The van der Waals surface area contributed by atoms with Crippen molar-refractivity contribution in [1.82, 2.24) is 19.6 Å². The summed E-state index contributed by atoms with van der Waals surface area (Å²) in [6, 6.07) is 12.3. The minimum atomic E-state index is 0.800. The van der Waals surface area contributed by atoms with Crippen molar-refractivity contribution < 1.29 is 4.42 Å². The molecule has 3 heterocycles. The van der Waals surface area contributed by atoms with Crippen LogP contribution < -0.4 is 0 Å². The highest BCUT2D eigenvalue weighted by Crippen LogP contribution is 2.33. The smallest absolute Gasteiger partial charge is 0.152 e. The number of hydrogen-bond donors (Lipinski definition) is 0. The molecule has 2 aliphatic rings. The van der Waals surface area contributed by atoms with Crippen molar-refractivity contribution >= 4 is 22.7 Å². The average Bonchev–Trinajstić information content (AvgIpc) is 3.45. The summed E-state index contributed by atoms with van der Waals surface area (Å²) >= 11 is 5.68. The van der Waals surface area contributed by atoms with Gasteiger partial charge in [0.25, 0.3) is 0 Å². The van der Waals surface area contributed by atoms with E-state index >= 15 is 0 Å². The standard InChI is InChI=1S/C25H26N4OS/c1-27-12-14-28(15-13-27)18-19-17-26-29(25(19)23-10-6-16-30-23)22-9-4-2-7-20(22)21-8-3-5-11-24(21)31/h2-10,16-17H,11-15,18H2,1H3. The van der Waals surface area contributed by atoms with Crippen LogP contribution in [0.2, 0.25) is 0 Å². The number of rotatable bonds is 5. The molecule has 6 heteroatoms. The number of para-hydroxylation sites is 1. The minimum absolute atomic E-state index is 0.800. The van der Waals surface area contributed by atoms with E-state index in [0.717, 1.165) is 72.3 Å². The third-order valence-corrected chi connectivity index (χ3v) is 6.40. The molecule has 1 aliphatic carbocycles. The lowest BCUT2D eigenvalue weighted by molar-refractivity contribution is 0.148. The lowest BCUT2D eigenvalue weighted by Crippen LogP contribution is -2.43. The van der Waals surface area contributed by atoms with Gasteiger partial charge in [0, 0.05) is 55.1 Å². The van der Waals surface area contributed by atoms with Crippen LogP contribution in [0.15, 0.2) is 71.5 Å². The summed E-state index contributed by atoms with van der Waals surface area (Å²) in [6.07, 6.45) is 10.8. The number of aromatic nitrogens is 2. The number of allylic oxidation sites excluding steroid dienone is 4. The van der Waals surface area contributed by atoms with Crippen molar-refractivity contribution in [3.05, 3.63) is 78.2 Å². The van der Waals surface area contributed by atoms with Gasteiger partial charge in [0.1, 0.15) is 5.69 Å². The Bertz CT molecular complexity index is 1130. The molecule has 1 fully saturated rings. The van der Waals surface area contributed by atoms with Crippen LogP contribution in [-0.2, 0) is 6.54 Å². The van der Waals surface area contributed by atoms with E-state index in [1.54, 1.807) is 6.26 Å². The highest BCUT2D eigenvalue weighted by atomic mass is 32.1. The fourth-order valence-corrected chi connectivity index (χ4v) is 4.55. The first-order chi connectivity index (χ1) is 15.2. The van der Waals surface area contributed by atoms with E-state index in [4.69, 9.17) is 21.7 Å². The molecule has 3 aromatic rings. The monoisotopic (exact) mass is 430 g/mol. The quantitative estimate of drug-likeness (QED) is 0.554. The highest BCUT2D eigenvalue weighted by molar-refractivity contribution is 7.81. The Morgan fingerprint density at radius 3 is 2.68 bits per heavy atom. The van der Waals surface area contributed by atoms with Gasteiger partial charge in [-0.3, -0.25) is 4.90 Å². The molecular formula is C25H26N4OS. The molecule has 158 valence electrons. The predicted octanol–water partition coefficient (Wildman–Crippen LogP) is 4.59. The van der Waals surface area contributed by atoms with Gasteiger partial charge in [0.15, 0.2) is 5.76 Å². The fourth-order valence-electron chi connectivity index (χ4n) is 4.27. The SMILES string of the molecule is CN1CCN(Cc2cnn(-c3ccccc3C3=CC=CCC3=S)c2-c2ccco2)CC1. The summed E-state index contributed by atoms with van der Waals surface area (Å²) in [6.45, 7) is 5.15. The molecule has 0 spiro atoms. The molecule has 0 amide bonds. The highest BCUT2D eigenvalue weighted by Gasteiger charge is 2.23. The van der Waals surface area contributed by atoms with Crippen molar-refractivity contribution in [2.45, 2.75) is 13.0 Å². The van der Waals surface area contributed by atoms with E-state index in [1.165, 1.54) is 5.56 Å². The number of benzene rings is 1. The fraction of sp³-hybridized carbons (Fsp3) is 0.280. The Kier molecular flexibility index (Phi) is 5.68. The van der Waals surface area contributed by atoms with Gasteiger partial charge in [-0.2, -0.15) is 5.10 Å². The maximum absolute atomic E-state index is 5.85. The molecule has 1 saturated heterocycles. The predicted molar refractivity (Wildman–Crippen MR) is 128 cm³/mol. The molecule has 0 unspecified atom stereocenters. The number of nitrogens with zero attached hydrogens (tertiary/aromatic N) is 4. The molecule has 0 atom stereocenters. The lowest BCUT2D eigenvalue weighted by atomic mass is 9.95. The first kappa shape index (κ1) is 20.1. The van der Waals surface area contributed by atoms with Crippen LogP contribution in [0.1, 0.15) is 17.5 Å². The lowest BCUT2D eigenvalue weighted by Gasteiger charge is -2.32. The van der Waals surface area contributed by atoms with Gasteiger partial charge in [0.05, 0.1) is 18.1 Å². The summed E-state index contributed by atoms with van der Waals surface area (Å²) < 4.78 is 7.87. The molecule has 0 saturated carbocycles. The van der Waals surface area contributed by atoms with Gasteiger partial charge in [-0.15, -0.1) is 0 Å². The Balaban J connectivity index is 1.58. The van der Waals surface area contributed by atoms with Gasteiger partial charge in [-0.05, 0) is 30.8 Å². The Morgan fingerprint density at radius 1 is 1.06 bits per heavy atom. The molecule has 1 aromatic carbocycles. The Morgan fingerprint density at radius 2 is 1.90 bits per heavy atom. The zero-order chi connectivity index (χ0) is 21.2. The second-order valence-electron chi connectivity index (χ2n) is 8.14. The number of piperazine rings is 1. The van der Waals surface area contributed by atoms with Gasteiger partial charge < -0.3 is 9.32 Å². The molecule has 5 rings (SSSR count). The third kappa shape index (κ3) is 4.06. The minimum Gasteiger partial charge on any atom is -0.463 e. The maximum Gasteiger partial charge on any atom is 0.152 e. The Hall–Kier alpha value is -2.80. The molecular weight excluding hydrogens is 404 g/mol. The van der Waals surface area contributed by atoms with E-state index < -0.39 is 0 Å². The van der Waals surface area contributed by atoms with Crippen LogP contribution in [0.3, 0.4) is 0 Å². The second kappa shape index (κ2) is 8.75. The van der Waals surface area contributed by atoms with E-state index in [9.17, 15) is 0 Å². The second-order valence-corrected chi connectivity index (χ2v) is 8.63. The Labute approximate surface area is 188 Å². The molecule has 2 aromatic heterocycles. The van der Waals surface area contributed by atoms with E-state index in [2.05, 4.69) is 59.3 Å². The first-order valence-corrected chi connectivity index (χ1v) is 11.1. The first-order valence-electron chi connectivity index (χ1n) is 10.7.